The molecule has 3 aliphatic rings. The standard InChI is InChI=1S/C11H22N2/c1-2-3-6-13-10-9-12-7-4-11(13)5-8-12/h11H,2-10H2,1H3. The molecule has 3 aliphatic heterocycles. The molecular formula is C11H22N2. The second-order valence-corrected chi connectivity index (χ2v) is 4.46. The molecule has 0 unspecified atom stereocenters. The maximum absolute atomic E-state index is 2.73. The average Bonchev–Trinajstić information content (AvgIpc) is 2.48. The van der Waals surface area contributed by atoms with Crippen LogP contribution >= 0.6 is 0 Å². The van der Waals surface area contributed by atoms with Crippen LogP contribution < -0.4 is 0 Å². The van der Waals surface area contributed by atoms with Crippen LogP contribution in [0.2, 0.25) is 0 Å². The predicted octanol–water partition coefficient (Wildman–Crippen LogP) is 1.57. The molecule has 3 heterocycles. The van der Waals surface area contributed by atoms with Crippen molar-refractivity contribution in [1.29, 1.82) is 0 Å². The molecule has 2 bridgehead atoms. The molecule has 0 spiro atoms. The first-order valence-corrected chi connectivity index (χ1v) is 5.86. The van der Waals surface area contributed by atoms with Crippen LogP contribution in [0.1, 0.15) is 32.6 Å². The van der Waals surface area contributed by atoms with Gasteiger partial charge in [0.15, 0.2) is 0 Å². The summed E-state index contributed by atoms with van der Waals surface area (Å²) in [5, 5.41) is 0. The van der Waals surface area contributed by atoms with E-state index in [1.165, 1.54) is 58.4 Å². The molecule has 0 amide bonds. The van der Waals surface area contributed by atoms with Gasteiger partial charge < -0.3 is 4.90 Å². The molecule has 13 heavy (non-hydrogen) atoms. The summed E-state index contributed by atoms with van der Waals surface area (Å²) in [6, 6.07) is 0.922. The second kappa shape index (κ2) is 4.43. The fourth-order valence-electron chi connectivity index (χ4n) is 2.62. The molecule has 3 saturated heterocycles. The predicted molar refractivity (Wildman–Crippen MR) is 55.9 cm³/mol. The summed E-state index contributed by atoms with van der Waals surface area (Å²) in [7, 11) is 0. The minimum absolute atomic E-state index is 0.922. The molecular weight excluding hydrogens is 160 g/mol. The van der Waals surface area contributed by atoms with Gasteiger partial charge in [-0.05, 0) is 38.9 Å². The van der Waals surface area contributed by atoms with Crippen molar-refractivity contribution in [1.82, 2.24) is 9.80 Å². The third-order valence-electron chi connectivity index (χ3n) is 3.58. The summed E-state index contributed by atoms with van der Waals surface area (Å²) in [4.78, 5) is 5.36. The second-order valence-electron chi connectivity index (χ2n) is 4.46. The van der Waals surface area contributed by atoms with Crippen LogP contribution in [0.3, 0.4) is 0 Å². The van der Waals surface area contributed by atoms with Crippen LogP contribution in [0.25, 0.3) is 0 Å². The van der Waals surface area contributed by atoms with Gasteiger partial charge in [-0.25, -0.2) is 0 Å². The Morgan fingerprint density at radius 2 is 1.85 bits per heavy atom. The van der Waals surface area contributed by atoms with Gasteiger partial charge in [-0.1, -0.05) is 13.3 Å². The van der Waals surface area contributed by atoms with Crippen molar-refractivity contribution in [2.24, 2.45) is 0 Å². The van der Waals surface area contributed by atoms with Gasteiger partial charge in [-0.3, -0.25) is 4.90 Å². The maximum atomic E-state index is 2.73. The lowest BCUT2D eigenvalue weighted by molar-refractivity contribution is 0.181. The van der Waals surface area contributed by atoms with E-state index in [4.69, 9.17) is 0 Å². The largest absolute Gasteiger partial charge is 0.302 e. The highest BCUT2D eigenvalue weighted by atomic mass is 15.3. The lowest BCUT2D eigenvalue weighted by Gasteiger charge is -2.31. The Hall–Kier alpha value is -0.0800. The van der Waals surface area contributed by atoms with E-state index in [9.17, 15) is 0 Å². The first kappa shape index (κ1) is 9.47. The molecule has 3 fully saturated rings. The Bertz CT molecular complexity index is 150. The molecule has 76 valence electrons. The van der Waals surface area contributed by atoms with Crippen molar-refractivity contribution in [3.05, 3.63) is 0 Å². The van der Waals surface area contributed by atoms with Crippen LogP contribution in [0.5, 0.6) is 0 Å². The number of rotatable bonds is 3. The Labute approximate surface area is 81.9 Å². The van der Waals surface area contributed by atoms with Gasteiger partial charge in [0, 0.05) is 19.1 Å². The summed E-state index contributed by atoms with van der Waals surface area (Å²) in [5.74, 6) is 0. The normalized spacial score (nSPS) is 34.8. The van der Waals surface area contributed by atoms with Gasteiger partial charge in [-0.15, -0.1) is 0 Å². The van der Waals surface area contributed by atoms with E-state index in [1.54, 1.807) is 0 Å². The molecule has 0 aliphatic carbocycles. The van der Waals surface area contributed by atoms with Crippen molar-refractivity contribution in [2.45, 2.75) is 38.6 Å². The van der Waals surface area contributed by atoms with E-state index >= 15 is 0 Å². The van der Waals surface area contributed by atoms with Crippen molar-refractivity contribution < 1.29 is 0 Å². The third-order valence-corrected chi connectivity index (χ3v) is 3.58. The molecule has 0 radical (unpaired) electrons. The highest BCUT2D eigenvalue weighted by Crippen LogP contribution is 2.20. The van der Waals surface area contributed by atoms with Gasteiger partial charge in [0.2, 0.25) is 0 Å². The van der Waals surface area contributed by atoms with Gasteiger partial charge in [-0.2, -0.15) is 0 Å². The van der Waals surface area contributed by atoms with Crippen LogP contribution in [0, 0.1) is 0 Å². The molecule has 0 aromatic rings. The Balaban J connectivity index is 1.87. The van der Waals surface area contributed by atoms with E-state index in [0.29, 0.717) is 0 Å². The SMILES string of the molecule is CCCCN1CCN2CCC1CC2. The number of hydrogen-bond donors (Lipinski definition) is 0. The van der Waals surface area contributed by atoms with Crippen molar-refractivity contribution in [3.63, 3.8) is 0 Å². The van der Waals surface area contributed by atoms with Crippen LogP contribution in [0.15, 0.2) is 0 Å². The molecule has 0 atom stereocenters. The lowest BCUT2D eigenvalue weighted by Crippen LogP contribution is -2.38. The highest BCUT2D eigenvalue weighted by Gasteiger charge is 2.27. The number of unbranched alkanes of at least 4 members (excludes halogenated alkanes) is 1. The molecule has 0 N–H and O–H groups in total. The lowest BCUT2D eigenvalue weighted by atomic mass is 10.1. The first-order chi connectivity index (χ1) is 6.40. The zero-order chi connectivity index (χ0) is 9.10. The summed E-state index contributed by atoms with van der Waals surface area (Å²) in [6.45, 7) is 8.99. The Kier molecular flexibility index (Phi) is 3.23. The monoisotopic (exact) mass is 182 g/mol. The van der Waals surface area contributed by atoms with Crippen molar-refractivity contribution >= 4 is 0 Å². The maximum Gasteiger partial charge on any atom is 0.0120 e. The zero-order valence-electron chi connectivity index (χ0n) is 8.84. The minimum atomic E-state index is 0.922. The molecule has 3 rings (SSSR count). The fourth-order valence-corrected chi connectivity index (χ4v) is 2.62. The summed E-state index contributed by atoms with van der Waals surface area (Å²) in [5.41, 5.74) is 0. The summed E-state index contributed by atoms with van der Waals surface area (Å²) < 4.78 is 0. The van der Waals surface area contributed by atoms with E-state index in [-0.39, 0.29) is 0 Å². The molecule has 2 heteroatoms. The van der Waals surface area contributed by atoms with E-state index < -0.39 is 0 Å². The van der Waals surface area contributed by atoms with Crippen molar-refractivity contribution in [3.8, 4) is 0 Å². The fraction of sp³-hybridized carbons (Fsp3) is 1.00. The number of nitrogens with zero attached hydrogens (tertiary/aromatic N) is 2. The van der Waals surface area contributed by atoms with Gasteiger partial charge >= 0.3 is 0 Å². The van der Waals surface area contributed by atoms with Gasteiger partial charge in [0.05, 0.1) is 0 Å². The molecule has 2 nitrogen and oxygen atoms in total. The zero-order valence-corrected chi connectivity index (χ0v) is 8.84. The average molecular weight is 182 g/mol. The van der Waals surface area contributed by atoms with Gasteiger partial charge in [0.25, 0.3) is 0 Å². The van der Waals surface area contributed by atoms with E-state index in [2.05, 4.69) is 16.7 Å². The highest BCUT2D eigenvalue weighted by molar-refractivity contribution is 4.84. The van der Waals surface area contributed by atoms with E-state index in [0.717, 1.165) is 6.04 Å². The molecule has 0 aromatic heterocycles. The number of fused-ring (bicyclic) bond motifs is 4. The Morgan fingerprint density at radius 3 is 2.54 bits per heavy atom. The van der Waals surface area contributed by atoms with Crippen LogP contribution in [-0.4, -0.2) is 48.6 Å². The summed E-state index contributed by atoms with van der Waals surface area (Å²) >= 11 is 0. The molecule has 0 aromatic carbocycles. The van der Waals surface area contributed by atoms with Crippen molar-refractivity contribution in [2.75, 3.05) is 32.7 Å². The first-order valence-electron chi connectivity index (χ1n) is 5.86. The quantitative estimate of drug-likeness (QED) is 0.653. The third kappa shape index (κ3) is 2.23. The smallest absolute Gasteiger partial charge is 0.0120 e. The topological polar surface area (TPSA) is 6.48 Å². The van der Waals surface area contributed by atoms with Crippen LogP contribution in [0.4, 0.5) is 0 Å². The van der Waals surface area contributed by atoms with E-state index in [1.807, 2.05) is 0 Å². The number of piperidine rings is 1. The molecule has 0 saturated carbocycles. The van der Waals surface area contributed by atoms with Gasteiger partial charge in [0.1, 0.15) is 0 Å². The van der Waals surface area contributed by atoms with Crippen LogP contribution in [-0.2, 0) is 0 Å². The minimum Gasteiger partial charge on any atom is -0.302 e. The Morgan fingerprint density at radius 1 is 1.08 bits per heavy atom. The summed E-state index contributed by atoms with van der Waals surface area (Å²) in [6.07, 6.45) is 5.57. The number of hydrogen-bond acceptors (Lipinski definition) is 2.